The van der Waals surface area contributed by atoms with E-state index >= 15 is 0 Å². The van der Waals surface area contributed by atoms with Crippen molar-refractivity contribution in [2.24, 2.45) is 16.7 Å². The van der Waals surface area contributed by atoms with Crippen LogP contribution in [0.1, 0.15) is 47.0 Å². The van der Waals surface area contributed by atoms with Crippen LogP contribution in [0.3, 0.4) is 0 Å². The number of carbonyl (C=O) groups excluding carboxylic acids is 1. The number of rotatable bonds is 9. The number of ether oxygens (including phenoxy) is 1. The van der Waals surface area contributed by atoms with Crippen LogP contribution in [0.5, 0.6) is 5.75 Å². The van der Waals surface area contributed by atoms with E-state index in [1.165, 1.54) is 0 Å². The van der Waals surface area contributed by atoms with Gasteiger partial charge in [-0.1, -0.05) is 50.2 Å². The lowest BCUT2D eigenvalue weighted by Crippen LogP contribution is -2.42. The van der Waals surface area contributed by atoms with Gasteiger partial charge in [0, 0.05) is 21.1 Å². The van der Waals surface area contributed by atoms with Crippen molar-refractivity contribution in [1.29, 1.82) is 0 Å². The Balaban J connectivity index is 1.66. The van der Waals surface area contributed by atoms with Crippen molar-refractivity contribution in [3.63, 3.8) is 0 Å². The summed E-state index contributed by atoms with van der Waals surface area (Å²) in [6.45, 7) is 8.03. The summed E-state index contributed by atoms with van der Waals surface area (Å²) in [6, 6.07) is 26.6. The number of Topliss-reactive ketones (excluding diaryl/α,β-unsaturated/α-hetero) is 1. The molecule has 0 amide bonds. The van der Waals surface area contributed by atoms with Crippen molar-refractivity contribution in [2.45, 2.75) is 67.7 Å². The lowest BCUT2D eigenvalue weighted by molar-refractivity contribution is -0.128. The molecule has 0 spiro atoms. The van der Waals surface area contributed by atoms with Crippen LogP contribution in [-0.2, 0) is 18.5 Å². The predicted molar refractivity (Wildman–Crippen MR) is 151 cm³/mol. The number of ketones is 1. The second-order valence-electron chi connectivity index (χ2n) is 11.3. The van der Waals surface area contributed by atoms with E-state index in [9.17, 15) is 13.2 Å². The van der Waals surface area contributed by atoms with Gasteiger partial charge in [0.1, 0.15) is 11.5 Å². The summed E-state index contributed by atoms with van der Waals surface area (Å²) in [5.41, 5.74) is -1.29. The van der Waals surface area contributed by atoms with E-state index in [2.05, 4.69) is 0 Å². The number of fused-ring (bicyclic) bond motifs is 2. The van der Waals surface area contributed by atoms with E-state index in [1.54, 1.807) is 0 Å². The van der Waals surface area contributed by atoms with Gasteiger partial charge in [0.15, 0.2) is 0 Å². The molecule has 3 aromatic carbocycles. The lowest BCUT2D eigenvalue weighted by Gasteiger charge is -2.41. The third-order valence-corrected chi connectivity index (χ3v) is 13.7. The van der Waals surface area contributed by atoms with E-state index in [0.717, 1.165) is 21.1 Å². The molecule has 2 unspecified atom stereocenters. The third kappa shape index (κ3) is 4.48. The van der Waals surface area contributed by atoms with Crippen LogP contribution in [0.2, 0.25) is 0 Å². The Morgan fingerprint density at radius 3 is 1.82 bits per heavy atom. The average Bonchev–Trinajstić information content (AvgIpc) is 3.23. The van der Waals surface area contributed by atoms with E-state index in [0.29, 0.717) is 18.6 Å². The molecule has 2 bridgehead atoms. The van der Waals surface area contributed by atoms with Crippen LogP contribution in [0, 0.1) is 16.7 Å². The maximum atomic E-state index is 14.2. The van der Waals surface area contributed by atoms with Crippen LogP contribution < -0.4 is 4.74 Å². The molecule has 202 valence electrons. The summed E-state index contributed by atoms with van der Waals surface area (Å²) < 4.78 is 40.7. The highest BCUT2D eigenvalue weighted by molar-refractivity contribution is 8.33. The molecule has 0 aliphatic heterocycles. The minimum atomic E-state index is -4.16. The summed E-state index contributed by atoms with van der Waals surface area (Å²) in [6.07, 6.45) is 1.93. The third-order valence-electron chi connectivity index (χ3n) is 8.45. The van der Waals surface area contributed by atoms with Crippen LogP contribution >= 0.6 is 10.3 Å². The molecule has 38 heavy (non-hydrogen) atoms. The normalized spacial score (nSPS) is 23.1. The molecule has 2 aliphatic rings. The van der Waals surface area contributed by atoms with Crippen LogP contribution in [0.4, 0.5) is 0 Å². The molecule has 0 saturated heterocycles. The Labute approximate surface area is 228 Å². The van der Waals surface area contributed by atoms with Gasteiger partial charge < -0.3 is 4.74 Å². The Morgan fingerprint density at radius 1 is 0.842 bits per heavy atom. The highest BCUT2D eigenvalue weighted by Crippen LogP contribution is 2.71. The quantitative estimate of drug-likeness (QED) is 0.276. The topological polar surface area (TPSA) is 69.7 Å². The van der Waals surface area contributed by atoms with E-state index < -0.39 is 25.8 Å². The van der Waals surface area contributed by atoms with Crippen molar-refractivity contribution in [2.75, 3.05) is 5.75 Å². The average molecular weight is 553 g/mol. The zero-order chi connectivity index (χ0) is 27.2. The molecular formula is C31H36O5S2. The van der Waals surface area contributed by atoms with Gasteiger partial charge in [-0.2, -0.15) is 8.42 Å². The van der Waals surface area contributed by atoms with Crippen LogP contribution in [0.15, 0.2) is 99.6 Å². The van der Waals surface area contributed by atoms with Gasteiger partial charge in [-0.15, -0.1) is 0 Å². The zero-order valence-corrected chi connectivity index (χ0v) is 24.1. The predicted octanol–water partition coefficient (Wildman–Crippen LogP) is 7.41. The Hall–Kier alpha value is -2.61. The van der Waals surface area contributed by atoms with Gasteiger partial charge in [-0.25, -0.2) is 3.63 Å². The molecule has 0 heterocycles. The number of hydrogen-bond acceptors (Lipinski definition) is 5. The molecule has 5 nitrogen and oxygen atoms in total. The highest BCUT2D eigenvalue weighted by Gasteiger charge is 2.65. The summed E-state index contributed by atoms with van der Waals surface area (Å²) in [4.78, 5) is 15.5. The Kier molecular flexibility index (Phi) is 6.99. The van der Waals surface area contributed by atoms with Gasteiger partial charge in [0.2, 0.25) is 0 Å². The SMILES string of the molecule is CC(C)Oc1ccc(S(OS(=O)(=O)CC23CCC(CC2=O)C3(C)C)(c2ccccc2)c2ccccc2)cc1. The molecule has 2 aliphatic carbocycles. The molecule has 0 radical (unpaired) electrons. The molecule has 5 rings (SSSR count). The molecule has 2 saturated carbocycles. The molecular weight excluding hydrogens is 516 g/mol. The van der Waals surface area contributed by atoms with Crippen LogP contribution in [0.25, 0.3) is 0 Å². The maximum Gasteiger partial charge on any atom is 0.278 e. The first kappa shape index (κ1) is 27.0. The summed E-state index contributed by atoms with van der Waals surface area (Å²) in [5.74, 6) is 0.682. The largest absolute Gasteiger partial charge is 0.491 e. The van der Waals surface area contributed by atoms with E-state index in [1.807, 2.05) is 113 Å². The monoisotopic (exact) mass is 552 g/mol. The molecule has 2 fully saturated rings. The molecule has 2 atom stereocenters. The van der Waals surface area contributed by atoms with Gasteiger partial charge in [0.25, 0.3) is 10.1 Å². The molecule has 0 aromatic heterocycles. The van der Waals surface area contributed by atoms with E-state index in [-0.39, 0.29) is 29.0 Å². The standard InChI is InChI=1S/C31H36O5S2/c1-23(2)35-25-15-17-28(18-16-25)38(26-11-7-5-8-12-26,27-13-9-6-10-14-27)36-37(33,34)22-31-20-19-24(21-29(31)32)30(31,3)4/h5-18,23-24H,19-22H2,1-4H3. The molecule has 7 heteroatoms. The summed E-state index contributed by atoms with van der Waals surface area (Å²) in [7, 11) is -6.87. The minimum absolute atomic E-state index is 0.0135. The fourth-order valence-electron chi connectivity index (χ4n) is 6.32. The summed E-state index contributed by atoms with van der Waals surface area (Å²) in [5, 5.41) is 0. The first-order valence-electron chi connectivity index (χ1n) is 13.2. The second kappa shape index (κ2) is 9.85. The number of hydrogen-bond donors (Lipinski definition) is 0. The van der Waals surface area contributed by atoms with Gasteiger partial charge in [-0.3, -0.25) is 4.79 Å². The zero-order valence-electron chi connectivity index (χ0n) is 22.4. The summed E-state index contributed by atoms with van der Waals surface area (Å²) >= 11 is 0. The smallest absolute Gasteiger partial charge is 0.278 e. The fourth-order valence-corrected chi connectivity index (χ4v) is 12.4. The second-order valence-corrected chi connectivity index (χ2v) is 15.7. The highest BCUT2D eigenvalue weighted by atomic mass is 32.3. The van der Waals surface area contributed by atoms with Gasteiger partial charge >= 0.3 is 0 Å². The van der Waals surface area contributed by atoms with Crippen LogP contribution in [-0.4, -0.2) is 26.1 Å². The van der Waals surface area contributed by atoms with Gasteiger partial charge in [-0.05, 0) is 96.9 Å². The van der Waals surface area contributed by atoms with Crippen molar-refractivity contribution in [3.8, 4) is 5.75 Å². The Bertz CT molecular complexity index is 1360. The molecule has 3 aromatic rings. The number of benzene rings is 3. The van der Waals surface area contributed by atoms with Crippen molar-refractivity contribution in [1.82, 2.24) is 0 Å². The first-order chi connectivity index (χ1) is 18.0. The van der Waals surface area contributed by atoms with Crippen molar-refractivity contribution < 1.29 is 21.6 Å². The Morgan fingerprint density at radius 2 is 1.37 bits per heavy atom. The van der Waals surface area contributed by atoms with E-state index in [4.69, 9.17) is 8.37 Å². The first-order valence-corrected chi connectivity index (χ1v) is 16.3. The maximum absolute atomic E-state index is 14.2. The van der Waals surface area contributed by atoms with Gasteiger partial charge in [0.05, 0.1) is 17.3 Å². The lowest BCUT2D eigenvalue weighted by atomic mass is 9.70. The fraction of sp³-hybridized carbons (Fsp3) is 0.387. The van der Waals surface area contributed by atoms with Crippen molar-refractivity contribution >= 4 is 26.2 Å². The minimum Gasteiger partial charge on any atom is -0.491 e. The molecule has 0 N–H and O–H groups in total. The van der Waals surface area contributed by atoms with Crippen molar-refractivity contribution in [3.05, 3.63) is 84.9 Å². The number of carbonyl (C=O) groups is 1.